The lowest BCUT2D eigenvalue weighted by Gasteiger charge is -2.35. The highest BCUT2D eigenvalue weighted by Crippen LogP contribution is 2.32. The number of benzene rings is 2. The molecule has 3 heterocycles. The van der Waals surface area contributed by atoms with Crippen LogP contribution in [0.1, 0.15) is 29.3 Å². The minimum absolute atomic E-state index is 0.000689. The van der Waals surface area contributed by atoms with E-state index in [-0.39, 0.29) is 29.9 Å². The Morgan fingerprint density at radius 3 is 2.65 bits per heavy atom. The van der Waals surface area contributed by atoms with Gasteiger partial charge in [-0.3, -0.25) is 14.4 Å². The Balaban J connectivity index is 1.46. The number of halogens is 1. The Morgan fingerprint density at radius 1 is 1.09 bits per heavy atom. The van der Waals surface area contributed by atoms with Gasteiger partial charge in [0.15, 0.2) is 0 Å². The lowest BCUT2D eigenvalue weighted by Crippen LogP contribution is -2.44. The van der Waals surface area contributed by atoms with Crippen LogP contribution in [0.2, 0.25) is 0 Å². The molecule has 8 heteroatoms. The summed E-state index contributed by atoms with van der Waals surface area (Å²) in [7, 11) is 0. The third kappa shape index (κ3) is 3.98. The second-order valence-corrected chi connectivity index (χ2v) is 8.85. The lowest BCUT2D eigenvalue weighted by atomic mass is 9.96. The van der Waals surface area contributed by atoms with Gasteiger partial charge in [0, 0.05) is 41.9 Å². The number of amides is 2. The van der Waals surface area contributed by atoms with E-state index >= 15 is 0 Å². The first-order chi connectivity index (χ1) is 16.4. The smallest absolute Gasteiger partial charge is 0.295 e. The van der Waals surface area contributed by atoms with Crippen LogP contribution in [0.15, 0.2) is 48.7 Å². The predicted octanol–water partition coefficient (Wildman–Crippen LogP) is 3.19. The topological polar surface area (TPSA) is 71.9 Å². The Bertz CT molecular complexity index is 1280. The van der Waals surface area contributed by atoms with E-state index in [4.69, 9.17) is 4.74 Å². The Morgan fingerprint density at radius 2 is 1.85 bits per heavy atom. The number of hydrogen-bond acceptors (Lipinski definition) is 4. The van der Waals surface area contributed by atoms with Crippen LogP contribution in [-0.2, 0) is 27.3 Å². The van der Waals surface area contributed by atoms with Crippen LogP contribution < -0.4 is 4.90 Å². The zero-order valence-corrected chi connectivity index (χ0v) is 19.0. The molecule has 1 saturated heterocycles. The monoisotopic (exact) mass is 463 g/mol. The van der Waals surface area contributed by atoms with E-state index in [2.05, 4.69) is 0 Å². The standard InChI is InChI=1S/C26H26FN3O4/c1-17-6-7-18-14-19(27)8-9-22(18)30(17)24(31)16-29-15-21(20-4-2-3-5-23(20)29)25(32)26(33)28-10-12-34-13-11-28/h2-5,8-9,14-15,17H,6-7,10-13,16H2,1H3/t17-/m0/s1. The van der Waals surface area contributed by atoms with Crippen LogP contribution in [0, 0.1) is 5.82 Å². The zero-order chi connectivity index (χ0) is 23.8. The number of fused-ring (bicyclic) bond motifs is 2. The number of ether oxygens (including phenoxy) is 1. The highest BCUT2D eigenvalue weighted by molar-refractivity contribution is 6.44. The molecule has 2 aliphatic rings. The lowest BCUT2D eigenvalue weighted by molar-refractivity contribution is -0.130. The van der Waals surface area contributed by atoms with Gasteiger partial charge in [-0.15, -0.1) is 0 Å². The van der Waals surface area contributed by atoms with E-state index in [9.17, 15) is 18.8 Å². The van der Waals surface area contributed by atoms with Crippen molar-refractivity contribution in [2.75, 3.05) is 31.2 Å². The third-order valence-electron chi connectivity index (χ3n) is 6.67. The zero-order valence-electron chi connectivity index (χ0n) is 19.0. The largest absolute Gasteiger partial charge is 0.378 e. The number of ketones is 1. The fourth-order valence-electron chi connectivity index (χ4n) is 4.91. The van der Waals surface area contributed by atoms with Gasteiger partial charge < -0.3 is 19.1 Å². The number of para-hydroxylation sites is 1. The van der Waals surface area contributed by atoms with Crippen LogP contribution >= 0.6 is 0 Å². The third-order valence-corrected chi connectivity index (χ3v) is 6.67. The summed E-state index contributed by atoms with van der Waals surface area (Å²) >= 11 is 0. The van der Waals surface area contributed by atoms with Gasteiger partial charge in [-0.1, -0.05) is 18.2 Å². The van der Waals surface area contributed by atoms with Crippen molar-refractivity contribution in [1.29, 1.82) is 0 Å². The molecule has 0 unspecified atom stereocenters. The average molecular weight is 464 g/mol. The number of carbonyl (C=O) groups is 3. The van der Waals surface area contributed by atoms with Crippen LogP contribution in [0.4, 0.5) is 10.1 Å². The first kappa shape index (κ1) is 22.3. The van der Waals surface area contributed by atoms with Crippen molar-refractivity contribution in [3.63, 3.8) is 0 Å². The van der Waals surface area contributed by atoms with E-state index < -0.39 is 11.7 Å². The molecule has 34 heavy (non-hydrogen) atoms. The van der Waals surface area contributed by atoms with Gasteiger partial charge in [-0.05, 0) is 49.6 Å². The Labute approximate surface area is 196 Å². The molecule has 5 rings (SSSR count). The summed E-state index contributed by atoms with van der Waals surface area (Å²) in [5, 5.41) is 0.635. The summed E-state index contributed by atoms with van der Waals surface area (Å²) in [6.07, 6.45) is 3.06. The summed E-state index contributed by atoms with van der Waals surface area (Å²) in [6, 6.07) is 11.7. The van der Waals surface area contributed by atoms with Crippen LogP contribution in [0.5, 0.6) is 0 Å². The van der Waals surface area contributed by atoms with Crippen molar-refractivity contribution in [1.82, 2.24) is 9.47 Å². The fourth-order valence-corrected chi connectivity index (χ4v) is 4.91. The van der Waals surface area contributed by atoms with Crippen molar-refractivity contribution in [2.45, 2.75) is 32.4 Å². The number of rotatable bonds is 4. The van der Waals surface area contributed by atoms with Gasteiger partial charge in [0.05, 0.1) is 18.8 Å². The molecule has 0 radical (unpaired) electrons. The molecule has 3 aromatic rings. The molecule has 2 amide bonds. The number of anilines is 1. The van der Waals surface area contributed by atoms with E-state index in [1.807, 2.05) is 25.1 Å². The number of hydrogen-bond donors (Lipinski definition) is 0. The SMILES string of the molecule is C[C@H]1CCc2cc(F)ccc2N1C(=O)Cn1cc(C(=O)C(=O)N2CCOCC2)c2ccccc21. The second-order valence-electron chi connectivity index (χ2n) is 8.85. The summed E-state index contributed by atoms with van der Waals surface area (Å²) in [6.45, 7) is 3.57. The predicted molar refractivity (Wildman–Crippen MR) is 125 cm³/mol. The molecular formula is C26H26FN3O4. The van der Waals surface area contributed by atoms with Gasteiger partial charge in [-0.25, -0.2) is 4.39 Å². The van der Waals surface area contributed by atoms with Crippen molar-refractivity contribution in [3.05, 3.63) is 65.6 Å². The second kappa shape index (κ2) is 9.02. The van der Waals surface area contributed by atoms with Crippen molar-refractivity contribution in [3.8, 4) is 0 Å². The van der Waals surface area contributed by atoms with E-state index in [1.54, 1.807) is 27.8 Å². The van der Waals surface area contributed by atoms with Gasteiger partial charge >= 0.3 is 0 Å². The Kier molecular flexibility index (Phi) is 5.91. The first-order valence-corrected chi connectivity index (χ1v) is 11.5. The Hall–Kier alpha value is -3.52. The van der Waals surface area contributed by atoms with Crippen molar-refractivity contribution in [2.24, 2.45) is 0 Å². The molecule has 1 atom stereocenters. The normalized spacial score (nSPS) is 18.1. The van der Waals surface area contributed by atoms with E-state index in [0.717, 1.165) is 17.7 Å². The van der Waals surface area contributed by atoms with Crippen molar-refractivity contribution >= 4 is 34.2 Å². The highest BCUT2D eigenvalue weighted by atomic mass is 19.1. The maximum atomic E-state index is 13.7. The van der Waals surface area contributed by atoms with E-state index in [0.29, 0.717) is 43.6 Å². The molecule has 0 saturated carbocycles. The number of aryl methyl sites for hydroxylation is 1. The summed E-state index contributed by atoms with van der Waals surface area (Å²) < 4.78 is 20.7. The number of aromatic nitrogens is 1. The number of Topliss-reactive ketones (excluding diaryl/α,β-unsaturated/α-hetero) is 1. The molecular weight excluding hydrogens is 437 g/mol. The minimum atomic E-state index is -0.587. The summed E-state index contributed by atoms with van der Waals surface area (Å²) in [5.74, 6) is -1.61. The average Bonchev–Trinajstić information content (AvgIpc) is 3.22. The summed E-state index contributed by atoms with van der Waals surface area (Å²) in [4.78, 5) is 42.7. The molecule has 2 aliphatic heterocycles. The van der Waals surface area contributed by atoms with Gasteiger partial charge in [0.1, 0.15) is 12.4 Å². The first-order valence-electron chi connectivity index (χ1n) is 11.5. The molecule has 1 aromatic heterocycles. The number of carbonyl (C=O) groups excluding carboxylic acids is 3. The molecule has 176 valence electrons. The maximum Gasteiger partial charge on any atom is 0.295 e. The molecule has 7 nitrogen and oxygen atoms in total. The highest BCUT2D eigenvalue weighted by Gasteiger charge is 2.31. The molecule has 2 aromatic carbocycles. The molecule has 0 aliphatic carbocycles. The van der Waals surface area contributed by atoms with Crippen LogP contribution in [-0.4, -0.2) is 59.4 Å². The van der Waals surface area contributed by atoms with Crippen LogP contribution in [0.3, 0.4) is 0 Å². The molecule has 0 N–H and O–H groups in total. The van der Waals surface area contributed by atoms with Crippen molar-refractivity contribution < 1.29 is 23.5 Å². The van der Waals surface area contributed by atoms with Gasteiger partial charge in [0.2, 0.25) is 5.91 Å². The molecule has 0 spiro atoms. The summed E-state index contributed by atoms with van der Waals surface area (Å²) in [5.41, 5.74) is 2.53. The van der Waals surface area contributed by atoms with Gasteiger partial charge in [0.25, 0.3) is 11.7 Å². The fraction of sp³-hybridized carbons (Fsp3) is 0.346. The quantitative estimate of drug-likeness (QED) is 0.440. The number of morpholine rings is 1. The maximum absolute atomic E-state index is 13.7. The minimum Gasteiger partial charge on any atom is -0.378 e. The van der Waals surface area contributed by atoms with Crippen LogP contribution in [0.25, 0.3) is 10.9 Å². The molecule has 0 bridgehead atoms. The van der Waals surface area contributed by atoms with Gasteiger partial charge in [-0.2, -0.15) is 0 Å². The molecule has 1 fully saturated rings. The number of nitrogens with zero attached hydrogens (tertiary/aromatic N) is 3. The van der Waals surface area contributed by atoms with E-state index in [1.165, 1.54) is 17.0 Å².